The number of fused-ring (bicyclic) bond motifs is 2. The van der Waals surface area contributed by atoms with Crippen molar-refractivity contribution < 1.29 is 14.3 Å². The first-order valence-electron chi connectivity index (χ1n) is 7.72. The molecule has 0 aromatic heterocycles. The molecule has 2 aliphatic heterocycles. The summed E-state index contributed by atoms with van der Waals surface area (Å²) in [6.45, 7) is 1.89. The smallest absolute Gasteiger partial charge is 0.231 e. The van der Waals surface area contributed by atoms with Crippen molar-refractivity contribution in [2.24, 2.45) is 0 Å². The Hall–Kier alpha value is -2.14. The van der Waals surface area contributed by atoms with Crippen molar-refractivity contribution >= 4 is 23.4 Å². The number of hydrogen-bond acceptors (Lipinski definition) is 4. The molecule has 0 saturated carbocycles. The SMILES string of the molecule is O=C(Cc1ccc2c(c1)OCCO2)N1CCSc2ccccc21. The van der Waals surface area contributed by atoms with Gasteiger partial charge in [0.25, 0.3) is 0 Å². The van der Waals surface area contributed by atoms with E-state index in [0.29, 0.717) is 19.6 Å². The van der Waals surface area contributed by atoms with Crippen molar-refractivity contribution in [2.75, 3.05) is 30.4 Å². The molecule has 2 aliphatic rings. The topological polar surface area (TPSA) is 38.8 Å². The number of nitrogens with zero attached hydrogens (tertiary/aromatic N) is 1. The third-order valence-corrected chi connectivity index (χ3v) is 5.03. The Morgan fingerprint density at radius 3 is 2.83 bits per heavy atom. The third-order valence-electron chi connectivity index (χ3n) is 3.99. The van der Waals surface area contributed by atoms with E-state index in [-0.39, 0.29) is 5.91 Å². The standard InChI is InChI=1S/C18H17NO3S/c20-18(19-7-10-23-17-4-2-1-3-14(17)19)12-13-5-6-15-16(11-13)22-9-8-21-15/h1-6,11H,7-10,12H2. The molecule has 0 radical (unpaired) electrons. The zero-order valence-electron chi connectivity index (χ0n) is 12.7. The highest BCUT2D eigenvalue weighted by atomic mass is 32.2. The van der Waals surface area contributed by atoms with Crippen LogP contribution in [0, 0.1) is 0 Å². The minimum absolute atomic E-state index is 0.120. The van der Waals surface area contributed by atoms with Crippen molar-refractivity contribution in [3.05, 3.63) is 48.0 Å². The van der Waals surface area contributed by atoms with Crippen molar-refractivity contribution in [3.8, 4) is 11.5 Å². The quantitative estimate of drug-likeness (QED) is 0.849. The molecule has 4 rings (SSSR count). The van der Waals surface area contributed by atoms with E-state index in [1.165, 1.54) is 4.90 Å². The van der Waals surface area contributed by atoms with Crippen LogP contribution in [0.3, 0.4) is 0 Å². The molecule has 0 N–H and O–H groups in total. The molecule has 0 spiro atoms. The maximum absolute atomic E-state index is 12.7. The fourth-order valence-corrected chi connectivity index (χ4v) is 3.89. The molecule has 0 saturated heterocycles. The summed E-state index contributed by atoms with van der Waals surface area (Å²) in [5.74, 6) is 2.54. The van der Waals surface area contributed by atoms with Gasteiger partial charge in [0.2, 0.25) is 5.91 Å². The number of para-hydroxylation sites is 1. The van der Waals surface area contributed by atoms with Gasteiger partial charge in [-0.3, -0.25) is 4.79 Å². The van der Waals surface area contributed by atoms with Crippen LogP contribution in [0.1, 0.15) is 5.56 Å². The second-order valence-corrected chi connectivity index (χ2v) is 6.65. The number of amides is 1. The molecular weight excluding hydrogens is 310 g/mol. The van der Waals surface area contributed by atoms with Gasteiger partial charge in [0.15, 0.2) is 11.5 Å². The number of rotatable bonds is 2. The minimum Gasteiger partial charge on any atom is -0.486 e. The van der Waals surface area contributed by atoms with Gasteiger partial charge >= 0.3 is 0 Å². The van der Waals surface area contributed by atoms with E-state index < -0.39 is 0 Å². The average Bonchev–Trinajstić information content (AvgIpc) is 2.61. The fraction of sp³-hybridized carbons (Fsp3) is 0.278. The molecule has 2 heterocycles. The Balaban J connectivity index is 1.55. The highest BCUT2D eigenvalue weighted by molar-refractivity contribution is 7.99. The highest BCUT2D eigenvalue weighted by Gasteiger charge is 2.23. The fourth-order valence-electron chi connectivity index (χ4n) is 2.90. The third kappa shape index (κ3) is 2.88. The minimum atomic E-state index is 0.120. The molecule has 23 heavy (non-hydrogen) atoms. The van der Waals surface area contributed by atoms with Crippen LogP contribution in [-0.4, -0.2) is 31.4 Å². The second kappa shape index (κ2) is 6.16. The first-order chi connectivity index (χ1) is 11.3. The van der Waals surface area contributed by atoms with Crippen molar-refractivity contribution in [1.29, 1.82) is 0 Å². The lowest BCUT2D eigenvalue weighted by Crippen LogP contribution is -2.36. The summed E-state index contributed by atoms with van der Waals surface area (Å²) in [7, 11) is 0. The summed E-state index contributed by atoms with van der Waals surface area (Å²) in [6, 6.07) is 13.8. The van der Waals surface area contributed by atoms with Gasteiger partial charge in [0.1, 0.15) is 13.2 Å². The van der Waals surface area contributed by atoms with Gasteiger partial charge in [-0.15, -0.1) is 11.8 Å². The van der Waals surface area contributed by atoms with Crippen molar-refractivity contribution in [1.82, 2.24) is 0 Å². The number of thioether (sulfide) groups is 1. The van der Waals surface area contributed by atoms with E-state index in [4.69, 9.17) is 9.47 Å². The monoisotopic (exact) mass is 327 g/mol. The van der Waals surface area contributed by atoms with Crippen LogP contribution in [0.4, 0.5) is 5.69 Å². The Bertz CT molecular complexity index is 747. The van der Waals surface area contributed by atoms with Crippen LogP contribution in [0.15, 0.2) is 47.4 Å². The molecule has 2 aromatic rings. The highest BCUT2D eigenvalue weighted by Crippen LogP contribution is 2.35. The maximum Gasteiger partial charge on any atom is 0.231 e. The van der Waals surface area contributed by atoms with Gasteiger partial charge in [-0.1, -0.05) is 18.2 Å². The first kappa shape index (κ1) is 14.5. The zero-order valence-corrected chi connectivity index (χ0v) is 13.5. The number of anilines is 1. The van der Waals surface area contributed by atoms with Gasteiger partial charge in [-0.25, -0.2) is 0 Å². The van der Waals surface area contributed by atoms with Gasteiger partial charge < -0.3 is 14.4 Å². The summed E-state index contributed by atoms with van der Waals surface area (Å²) >= 11 is 1.80. The van der Waals surface area contributed by atoms with Crippen LogP contribution in [0.25, 0.3) is 0 Å². The lowest BCUT2D eigenvalue weighted by molar-refractivity contribution is -0.118. The molecular formula is C18H17NO3S. The first-order valence-corrected chi connectivity index (χ1v) is 8.70. The van der Waals surface area contributed by atoms with Crippen LogP contribution >= 0.6 is 11.8 Å². The van der Waals surface area contributed by atoms with Gasteiger partial charge in [0.05, 0.1) is 12.1 Å². The summed E-state index contributed by atoms with van der Waals surface area (Å²) in [5.41, 5.74) is 1.97. The molecule has 2 aromatic carbocycles. The Kier molecular flexibility index (Phi) is 3.87. The molecule has 118 valence electrons. The molecule has 0 unspecified atom stereocenters. The van der Waals surface area contributed by atoms with Crippen molar-refractivity contribution in [3.63, 3.8) is 0 Å². The molecule has 0 aliphatic carbocycles. The molecule has 0 atom stereocenters. The number of benzene rings is 2. The summed E-state index contributed by atoms with van der Waals surface area (Å²) in [5, 5.41) is 0. The summed E-state index contributed by atoms with van der Waals surface area (Å²) in [6.07, 6.45) is 0.371. The second-order valence-electron chi connectivity index (χ2n) is 5.52. The van der Waals surface area contributed by atoms with E-state index in [1.54, 1.807) is 11.8 Å². The molecule has 4 nitrogen and oxygen atoms in total. The lowest BCUT2D eigenvalue weighted by atomic mass is 10.1. The lowest BCUT2D eigenvalue weighted by Gasteiger charge is -2.29. The predicted molar refractivity (Wildman–Crippen MR) is 90.7 cm³/mol. The Morgan fingerprint density at radius 2 is 1.91 bits per heavy atom. The Morgan fingerprint density at radius 1 is 1.09 bits per heavy atom. The molecule has 0 bridgehead atoms. The molecule has 1 amide bonds. The zero-order chi connectivity index (χ0) is 15.6. The van der Waals surface area contributed by atoms with Gasteiger partial charge in [-0.2, -0.15) is 0 Å². The van der Waals surface area contributed by atoms with Crippen LogP contribution in [0.2, 0.25) is 0 Å². The van der Waals surface area contributed by atoms with E-state index in [9.17, 15) is 4.79 Å². The number of carbonyl (C=O) groups is 1. The van der Waals surface area contributed by atoms with Crippen LogP contribution in [0.5, 0.6) is 11.5 Å². The number of ether oxygens (including phenoxy) is 2. The number of hydrogen-bond donors (Lipinski definition) is 0. The molecule has 0 fully saturated rings. The van der Waals surface area contributed by atoms with E-state index >= 15 is 0 Å². The van der Waals surface area contributed by atoms with E-state index in [0.717, 1.165) is 35.0 Å². The maximum atomic E-state index is 12.7. The summed E-state index contributed by atoms with van der Waals surface area (Å²) in [4.78, 5) is 15.8. The van der Waals surface area contributed by atoms with Crippen LogP contribution < -0.4 is 14.4 Å². The normalized spacial score (nSPS) is 15.9. The van der Waals surface area contributed by atoms with E-state index in [1.807, 2.05) is 41.3 Å². The number of carbonyl (C=O) groups excluding carboxylic acids is 1. The van der Waals surface area contributed by atoms with Gasteiger partial charge in [-0.05, 0) is 29.8 Å². The van der Waals surface area contributed by atoms with Crippen molar-refractivity contribution in [2.45, 2.75) is 11.3 Å². The molecule has 5 heteroatoms. The van der Waals surface area contributed by atoms with E-state index in [2.05, 4.69) is 6.07 Å². The largest absolute Gasteiger partial charge is 0.486 e. The summed E-state index contributed by atoms with van der Waals surface area (Å²) < 4.78 is 11.1. The Labute approximate surface area is 139 Å². The van der Waals surface area contributed by atoms with Crippen LogP contribution in [-0.2, 0) is 11.2 Å². The average molecular weight is 327 g/mol. The van der Waals surface area contributed by atoms with Gasteiger partial charge in [0, 0.05) is 17.2 Å². The predicted octanol–water partition coefficient (Wildman–Crippen LogP) is 3.14.